The number of allylic oxidation sites excluding steroid dienone is 1. The van der Waals surface area contributed by atoms with Crippen LogP contribution in [0.15, 0.2) is 56.7 Å². The summed E-state index contributed by atoms with van der Waals surface area (Å²) in [4.78, 5) is 11.7. The van der Waals surface area contributed by atoms with E-state index >= 15 is 0 Å². The molecule has 2 aromatic rings. The van der Waals surface area contributed by atoms with Gasteiger partial charge in [0.1, 0.15) is 11.5 Å². The zero-order valence-corrected chi connectivity index (χ0v) is 14.6. The van der Waals surface area contributed by atoms with Gasteiger partial charge in [-0.1, -0.05) is 11.6 Å². The summed E-state index contributed by atoms with van der Waals surface area (Å²) in [6.07, 6.45) is 5.07. The molecule has 1 aromatic heterocycles. The molecule has 0 saturated carbocycles. The first-order valence-corrected chi connectivity index (χ1v) is 7.84. The number of nitrogens with one attached hydrogen (secondary N) is 1. The number of hydrogen-bond acceptors (Lipinski definition) is 4. The van der Waals surface area contributed by atoms with Crippen molar-refractivity contribution >= 4 is 45.2 Å². The van der Waals surface area contributed by atoms with Gasteiger partial charge in [0, 0.05) is 5.02 Å². The summed E-state index contributed by atoms with van der Waals surface area (Å²) in [5, 5.41) is 4.53. The van der Waals surface area contributed by atoms with Crippen molar-refractivity contribution in [3.63, 3.8) is 0 Å². The molecule has 0 aliphatic rings. The molecule has 7 heteroatoms. The van der Waals surface area contributed by atoms with Crippen LogP contribution in [0.4, 0.5) is 0 Å². The first kappa shape index (κ1) is 17.3. The van der Waals surface area contributed by atoms with Crippen molar-refractivity contribution in [2.75, 3.05) is 6.61 Å². The molecule has 1 heterocycles. The number of nitrogens with zero attached hydrogens (tertiary/aromatic N) is 1. The van der Waals surface area contributed by atoms with Crippen LogP contribution >= 0.6 is 27.5 Å². The van der Waals surface area contributed by atoms with Gasteiger partial charge in [0.05, 0.1) is 16.4 Å². The molecule has 2 rings (SSSR count). The van der Waals surface area contributed by atoms with Crippen LogP contribution in [0, 0.1) is 0 Å². The zero-order valence-electron chi connectivity index (χ0n) is 12.3. The monoisotopic (exact) mass is 396 g/mol. The topological polar surface area (TPSA) is 63.8 Å². The lowest BCUT2D eigenvalue weighted by Gasteiger charge is -2.07. The number of ether oxygens (including phenoxy) is 1. The number of rotatable bonds is 6. The average molecular weight is 398 g/mol. The van der Waals surface area contributed by atoms with Gasteiger partial charge >= 0.3 is 0 Å². The number of benzene rings is 1. The van der Waals surface area contributed by atoms with Crippen molar-refractivity contribution in [3.05, 3.63) is 57.9 Å². The molecule has 0 aliphatic carbocycles. The van der Waals surface area contributed by atoms with E-state index in [1.165, 1.54) is 0 Å². The maximum absolute atomic E-state index is 11.7. The highest BCUT2D eigenvalue weighted by molar-refractivity contribution is 9.10. The molecule has 1 N–H and O–H groups in total. The van der Waals surface area contributed by atoms with Gasteiger partial charge in [-0.05, 0) is 65.3 Å². The number of carbonyl (C=O) groups excluding carboxylic acids is 1. The van der Waals surface area contributed by atoms with Gasteiger partial charge in [-0.2, -0.15) is 5.10 Å². The van der Waals surface area contributed by atoms with Gasteiger partial charge in [-0.25, -0.2) is 5.43 Å². The van der Waals surface area contributed by atoms with Gasteiger partial charge in [-0.3, -0.25) is 4.79 Å². The molecule has 0 bridgehead atoms. The standard InChI is InChI=1S/C16H14BrClN2O3/c1-11(4-6-13-3-2-8-22-13)19-20-16(21)10-23-15-7-5-12(18)9-14(15)17/h2-9H,10H2,1H3,(H,20,21)/b6-4+,19-11+. The Morgan fingerprint density at radius 1 is 1.48 bits per heavy atom. The molecule has 0 aliphatic heterocycles. The fourth-order valence-electron chi connectivity index (χ4n) is 1.54. The number of furan rings is 1. The molecular formula is C16H14BrClN2O3. The third-order valence-electron chi connectivity index (χ3n) is 2.64. The van der Waals surface area contributed by atoms with Crippen LogP contribution in [-0.4, -0.2) is 18.2 Å². The highest BCUT2D eigenvalue weighted by Gasteiger charge is 2.05. The normalized spacial score (nSPS) is 11.7. The molecule has 1 aromatic carbocycles. The largest absolute Gasteiger partial charge is 0.483 e. The van der Waals surface area contributed by atoms with Crippen LogP contribution in [0.1, 0.15) is 12.7 Å². The van der Waals surface area contributed by atoms with Gasteiger partial charge in [0.15, 0.2) is 6.61 Å². The molecule has 0 spiro atoms. The lowest BCUT2D eigenvalue weighted by atomic mass is 10.3. The average Bonchev–Trinajstić information content (AvgIpc) is 3.03. The van der Waals surface area contributed by atoms with Gasteiger partial charge in [-0.15, -0.1) is 0 Å². The van der Waals surface area contributed by atoms with Crippen molar-refractivity contribution in [1.29, 1.82) is 0 Å². The highest BCUT2D eigenvalue weighted by atomic mass is 79.9. The molecule has 0 radical (unpaired) electrons. The molecular weight excluding hydrogens is 384 g/mol. The van der Waals surface area contributed by atoms with E-state index in [2.05, 4.69) is 26.5 Å². The molecule has 0 saturated heterocycles. The summed E-state index contributed by atoms with van der Waals surface area (Å²) in [6.45, 7) is 1.61. The highest BCUT2D eigenvalue weighted by Crippen LogP contribution is 2.27. The van der Waals surface area contributed by atoms with E-state index in [0.717, 1.165) is 0 Å². The Morgan fingerprint density at radius 2 is 2.30 bits per heavy atom. The Balaban J connectivity index is 1.81. The quantitative estimate of drug-likeness (QED) is 0.584. The lowest BCUT2D eigenvalue weighted by molar-refractivity contribution is -0.123. The summed E-state index contributed by atoms with van der Waals surface area (Å²) in [6, 6.07) is 8.67. The zero-order chi connectivity index (χ0) is 16.7. The third kappa shape index (κ3) is 5.92. The smallest absolute Gasteiger partial charge is 0.277 e. The van der Waals surface area contributed by atoms with Gasteiger partial charge < -0.3 is 9.15 Å². The minimum absolute atomic E-state index is 0.154. The first-order chi connectivity index (χ1) is 11.0. The Hall–Kier alpha value is -2.05. The molecule has 23 heavy (non-hydrogen) atoms. The van der Waals surface area contributed by atoms with Crippen LogP contribution in [0.5, 0.6) is 5.75 Å². The molecule has 0 atom stereocenters. The van der Waals surface area contributed by atoms with Crippen molar-refractivity contribution in [1.82, 2.24) is 5.43 Å². The number of amides is 1. The molecule has 0 unspecified atom stereocenters. The maximum Gasteiger partial charge on any atom is 0.277 e. The van der Waals surface area contributed by atoms with Crippen molar-refractivity contribution in [2.45, 2.75) is 6.92 Å². The van der Waals surface area contributed by atoms with Gasteiger partial charge in [0.2, 0.25) is 0 Å². The van der Waals surface area contributed by atoms with E-state index in [4.69, 9.17) is 20.8 Å². The minimum atomic E-state index is -0.363. The molecule has 0 fully saturated rings. The number of carbonyl (C=O) groups is 1. The number of hydrogen-bond donors (Lipinski definition) is 1. The van der Waals surface area contributed by atoms with E-state index < -0.39 is 0 Å². The number of halogens is 2. The van der Waals surface area contributed by atoms with Crippen molar-refractivity contribution in [3.8, 4) is 5.75 Å². The van der Waals surface area contributed by atoms with E-state index in [1.54, 1.807) is 49.6 Å². The Kier molecular flexibility index (Phi) is 6.43. The predicted molar refractivity (Wildman–Crippen MR) is 93.6 cm³/mol. The third-order valence-corrected chi connectivity index (χ3v) is 3.50. The fourth-order valence-corrected chi connectivity index (χ4v) is 2.34. The van der Waals surface area contributed by atoms with Crippen LogP contribution < -0.4 is 10.2 Å². The molecule has 120 valence electrons. The summed E-state index contributed by atoms with van der Waals surface area (Å²) >= 11 is 9.15. The van der Waals surface area contributed by atoms with Gasteiger partial charge in [0.25, 0.3) is 5.91 Å². The summed E-state index contributed by atoms with van der Waals surface area (Å²) in [7, 11) is 0. The van der Waals surface area contributed by atoms with E-state index in [0.29, 0.717) is 26.7 Å². The SMILES string of the molecule is CC(/C=C/c1ccco1)=N\NC(=O)COc1ccc(Cl)cc1Br. The maximum atomic E-state index is 11.7. The van der Waals surface area contributed by atoms with E-state index in [1.807, 2.05) is 6.07 Å². The van der Waals surface area contributed by atoms with Crippen molar-refractivity contribution < 1.29 is 13.9 Å². The fraction of sp³-hybridized carbons (Fsp3) is 0.125. The predicted octanol–water partition coefficient (Wildman–Crippen LogP) is 4.28. The second kappa shape index (κ2) is 8.55. The summed E-state index contributed by atoms with van der Waals surface area (Å²) in [5.74, 6) is 0.877. The first-order valence-electron chi connectivity index (χ1n) is 6.67. The van der Waals surface area contributed by atoms with Crippen molar-refractivity contribution in [2.24, 2.45) is 5.10 Å². The summed E-state index contributed by atoms with van der Waals surface area (Å²) < 4.78 is 11.2. The van der Waals surface area contributed by atoms with Crippen LogP contribution in [0.25, 0.3) is 6.08 Å². The second-order valence-corrected chi connectivity index (χ2v) is 5.79. The Morgan fingerprint density at radius 3 is 3.00 bits per heavy atom. The van der Waals surface area contributed by atoms with E-state index in [9.17, 15) is 4.79 Å². The second-order valence-electron chi connectivity index (χ2n) is 4.50. The minimum Gasteiger partial charge on any atom is -0.483 e. The Bertz CT molecular complexity index is 727. The van der Waals surface area contributed by atoms with Crippen LogP contribution in [0.2, 0.25) is 5.02 Å². The van der Waals surface area contributed by atoms with Crippen LogP contribution in [0.3, 0.4) is 0 Å². The van der Waals surface area contributed by atoms with Crippen LogP contribution in [-0.2, 0) is 4.79 Å². The van der Waals surface area contributed by atoms with E-state index in [-0.39, 0.29) is 12.5 Å². The lowest BCUT2D eigenvalue weighted by Crippen LogP contribution is -2.25. The molecule has 5 nitrogen and oxygen atoms in total. The summed E-state index contributed by atoms with van der Waals surface area (Å²) in [5.41, 5.74) is 3.04. The molecule has 1 amide bonds. The number of hydrazone groups is 1. The Labute approximate surface area is 147 Å².